The maximum absolute atomic E-state index is 6.27. The molecule has 108 valence electrons. The van der Waals surface area contributed by atoms with Crippen molar-refractivity contribution in [1.29, 1.82) is 0 Å². The van der Waals surface area contributed by atoms with Gasteiger partial charge in [0.25, 0.3) is 0 Å². The molecule has 22 heavy (non-hydrogen) atoms. The first kappa shape index (κ1) is 13.1. The number of nitrogens with zero attached hydrogens (tertiary/aromatic N) is 3. The van der Waals surface area contributed by atoms with E-state index in [1.165, 1.54) is 0 Å². The van der Waals surface area contributed by atoms with E-state index in [4.69, 9.17) is 16.3 Å². The molecule has 0 saturated heterocycles. The Labute approximate surface area is 132 Å². The molecular weight excluding hydrogens is 298 g/mol. The highest BCUT2D eigenvalue weighted by atomic mass is 35.5. The Morgan fingerprint density at radius 3 is 2.59 bits per heavy atom. The number of ether oxygens (including phenoxy) is 1. The van der Waals surface area contributed by atoms with Crippen molar-refractivity contribution in [2.75, 3.05) is 7.11 Å². The highest BCUT2D eigenvalue weighted by Crippen LogP contribution is 2.29. The quantitative estimate of drug-likeness (QED) is 0.557. The van der Waals surface area contributed by atoms with Gasteiger partial charge < -0.3 is 4.74 Å². The summed E-state index contributed by atoms with van der Waals surface area (Å²) in [4.78, 5) is 8.82. The standard InChI is InChI=1S/C17H12ClN3O/c1-22-12-8-6-11(7-9-12)15-10-19-17-16(18)20-13-4-2-3-5-14(13)21(15)17/h2-10H,1H3. The highest BCUT2D eigenvalue weighted by Gasteiger charge is 2.13. The Morgan fingerprint density at radius 2 is 1.82 bits per heavy atom. The van der Waals surface area contributed by atoms with Crippen LogP contribution in [0.15, 0.2) is 54.7 Å². The van der Waals surface area contributed by atoms with Crippen molar-refractivity contribution in [3.8, 4) is 17.0 Å². The van der Waals surface area contributed by atoms with Gasteiger partial charge in [0.2, 0.25) is 0 Å². The number of benzene rings is 2. The van der Waals surface area contributed by atoms with Gasteiger partial charge >= 0.3 is 0 Å². The van der Waals surface area contributed by atoms with Gasteiger partial charge in [-0.05, 0) is 36.4 Å². The molecule has 4 aromatic rings. The SMILES string of the molecule is COc1ccc(-c2cnc3c(Cl)nc4ccccc4n23)cc1. The van der Waals surface area contributed by atoms with Gasteiger partial charge in [0.15, 0.2) is 10.8 Å². The molecule has 0 spiro atoms. The monoisotopic (exact) mass is 309 g/mol. The molecule has 2 heterocycles. The van der Waals surface area contributed by atoms with E-state index >= 15 is 0 Å². The number of hydrogen-bond donors (Lipinski definition) is 0. The third-order valence-electron chi connectivity index (χ3n) is 3.67. The molecule has 4 rings (SSSR count). The first-order chi connectivity index (χ1) is 10.8. The number of methoxy groups -OCH3 is 1. The van der Waals surface area contributed by atoms with E-state index in [2.05, 4.69) is 9.97 Å². The molecule has 0 aliphatic carbocycles. The van der Waals surface area contributed by atoms with Crippen molar-refractivity contribution in [1.82, 2.24) is 14.4 Å². The second-order valence-corrected chi connectivity index (χ2v) is 5.28. The number of hydrogen-bond acceptors (Lipinski definition) is 3. The zero-order chi connectivity index (χ0) is 15.1. The number of fused-ring (bicyclic) bond motifs is 3. The Morgan fingerprint density at radius 1 is 1.05 bits per heavy atom. The predicted octanol–water partition coefficient (Wildman–Crippen LogP) is 4.21. The van der Waals surface area contributed by atoms with Crippen LogP contribution >= 0.6 is 11.6 Å². The molecule has 0 aliphatic heterocycles. The molecular formula is C17H12ClN3O. The van der Waals surface area contributed by atoms with Gasteiger partial charge in [0.05, 0.1) is 30.0 Å². The van der Waals surface area contributed by atoms with Gasteiger partial charge in [0, 0.05) is 5.56 Å². The van der Waals surface area contributed by atoms with Crippen LogP contribution in [0.25, 0.3) is 27.9 Å². The number of imidazole rings is 1. The zero-order valence-corrected chi connectivity index (χ0v) is 12.6. The molecule has 0 amide bonds. The molecule has 0 aliphatic rings. The second kappa shape index (κ2) is 5.00. The summed E-state index contributed by atoms with van der Waals surface area (Å²) in [6, 6.07) is 15.8. The van der Waals surface area contributed by atoms with E-state index < -0.39 is 0 Å². The maximum atomic E-state index is 6.27. The molecule has 5 heteroatoms. The van der Waals surface area contributed by atoms with Crippen molar-refractivity contribution in [2.24, 2.45) is 0 Å². The van der Waals surface area contributed by atoms with Crippen LogP contribution in [-0.2, 0) is 0 Å². The topological polar surface area (TPSA) is 39.4 Å². The lowest BCUT2D eigenvalue weighted by Crippen LogP contribution is -1.95. The molecule has 0 N–H and O–H groups in total. The lowest BCUT2D eigenvalue weighted by molar-refractivity contribution is 0.415. The first-order valence-electron chi connectivity index (χ1n) is 6.84. The summed E-state index contributed by atoms with van der Waals surface area (Å²) in [6.45, 7) is 0. The fourth-order valence-corrected chi connectivity index (χ4v) is 2.83. The summed E-state index contributed by atoms with van der Waals surface area (Å²) in [5, 5.41) is 0.401. The molecule has 0 saturated carbocycles. The van der Waals surface area contributed by atoms with E-state index in [0.29, 0.717) is 10.8 Å². The van der Waals surface area contributed by atoms with Crippen molar-refractivity contribution >= 4 is 28.3 Å². The third kappa shape index (κ3) is 1.92. The normalized spacial score (nSPS) is 11.2. The molecule has 0 radical (unpaired) electrons. The molecule has 0 atom stereocenters. The fraction of sp³-hybridized carbons (Fsp3) is 0.0588. The minimum absolute atomic E-state index is 0.401. The number of halogens is 1. The van der Waals surface area contributed by atoms with Gasteiger partial charge in [-0.2, -0.15) is 0 Å². The average Bonchev–Trinajstić information content (AvgIpc) is 3.01. The van der Waals surface area contributed by atoms with Gasteiger partial charge in [-0.3, -0.25) is 4.40 Å². The Bertz CT molecular complexity index is 976. The van der Waals surface area contributed by atoms with Crippen molar-refractivity contribution < 1.29 is 4.74 Å². The predicted molar refractivity (Wildman–Crippen MR) is 87.5 cm³/mol. The summed E-state index contributed by atoms with van der Waals surface area (Å²) in [5.74, 6) is 0.821. The molecule has 4 nitrogen and oxygen atoms in total. The summed E-state index contributed by atoms with van der Waals surface area (Å²) >= 11 is 6.27. The minimum atomic E-state index is 0.401. The third-order valence-corrected chi connectivity index (χ3v) is 3.93. The van der Waals surface area contributed by atoms with E-state index in [-0.39, 0.29) is 0 Å². The fourth-order valence-electron chi connectivity index (χ4n) is 2.61. The number of rotatable bonds is 2. The Hall–Kier alpha value is -2.59. The molecule has 2 aromatic heterocycles. The summed E-state index contributed by atoms with van der Waals surface area (Å²) < 4.78 is 7.24. The van der Waals surface area contributed by atoms with Gasteiger partial charge in [-0.25, -0.2) is 9.97 Å². The van der Waals surface area contributed by atoms with Crippen LogP contribution in [0.1, 0.15) is 0 Å². The smallest absolute Gasteiger partial charge is 0.175 e. The zero-order valence-electron chi connectivity index (χ0n) is 11.8. The van der Waals surface area contributed by atoms with Crippen molar-refractivity contribution in [3.05, 3.63) is 59.9 Å². The minimum Gasteiger partial charge on any atom is -0.497 e. The number of para-hydroxylation sites is 2. The van der Waals surface area contributed by atoms with E-state index in [0.717, 1.165) is 28.0 Å². The van der Waals surface area contributed by atoms with Crippen molar-refractivity contribution in [2.45, 2.75) is 0 Å². The first-order valence-corrected chi connectivity index (χ1v) is 7.22. The van der Waals surface area contributed by atoms with Crippen LogP contribution < -0.4 is 4.74 Å². The summed E-state index contributed by atoms with van der Waals surface area (Å²) in [6.07, 6.45) is 1.82. The largest absolute Gasteiger partial charge is 0.497 e. The lowest BCUT2D eigenvalue weighted by atomic mass is 10.1. The van der Waals surface area contributed by atoms with Crippen molar-refractivity contribution in [3.63, 3.8) is 0 Å². The lowest BCUT2D eigenvalue weighted by Gasteiger charge is -2.07. The van der Waals surface area contributed by atoms with Crippen LogP contribution in [0, 0.1) is 0 Å². The van der Waals surface area contributed by atoms with E-state index in [1.54, 1.807) is 7.11 Å². The van der Waals surface area contributed by atoms with Gasteiger partial charge in [-0.15, -0.1) is 0 Å². The van der Waals surface area contributed by atoms with E-state index in [9.17, 15) is 0 Å². The van der Waals surface area contributed by atoms with Crippen LogP contribution in [0.5, 0.6) is 5.75 Å². The van der Waals surface area contributed by atoms with Crippen LogP contribution in [0.3, 0.4) is 0 Å². The molecule has 0 bridgehead atoms. The maximum Gasteiger partial charge on any atom is 0.175 e. The molecule has 2 aromatic carbocycles. The van der Waals surface area contributed by atoms with Gasteiger partial charge in [0.1, 0.15) is 5.75 Å². The van der Waals surface area contributed by atoms with Gasteiger partial charge in [-0.1, -0.05) is 23.7 Å². The Kier molecular flexibility index (Phi) is 2.98. The average molecular weight is 310 g/mol. The molecule has 0 unspecified atom stereocenters. The highest BCUT2D eigenvalue weighted by molar-refractivity contribution is 6.32. The van der Waals surface area contributed by atoms with Crippen LogP contribution in [-0.4, -0.2) is 21.5 Å². The van der Waals surface area contributed by atoms with Crippen LogP contribution in [0.2, 0.25) is 5.15 Å². The Balaban J connectivity index is 2.05. The second-order valence-electron chi connectivity index (χ2n) is 4.92. The summed E-state index contributed by atoms with van der Waals surface area (Å²) in [7, 11) is 1.65. The molecule has 0 fully saturated rings. The number of aromatic nitrogens is 3. The summed E-state index contributed by atoms with van der Waals surface area (Å²) in [5.41, 5.74) is 4.49. The van der Waals surface area contributed by atoms with E-state index in [1.807, 2.05) is 59.1 Å². The van der Waals surface area contributed by atoms with Crippen LogP contribution in [0.4, 0.5) is 0 Å².